The number of carboxylic acid groups (broad SMARTS) is 4. The second-order valence-corrected chi connectivity index (χ2v) is 3.93. The maximum Gasteiger partial charge on any atom is 2.00 e. The molecule has 22 heavy (non-hydrogen) atoms. The number of carbonyl (C=O) groups excluding carboxylic acids is 3. The van der Waals surface area contributed by atoms with Crippen LogP contribution in [0.1, 0.15) is 0 Å². The van der Waals surface area contributed by atoms with Crippen LogP contribution in [0, 0.1) is 0 Å². The van der Waals surface area contributed by atoms with Gasteiger partial charge in [0, 0.05) is 32.7 Å². The average Bonchev–Trinajstić information content (AvgIpc) is 2.22. The third-order valence-corrected chi connectivity index (χ3v) is 2.15. The quantitative estimate of drug-likeness (QED) is 0.342. The summed E-state index contributed by atoms with van der Waals surface area (Å²) in [4.78, 5) is 43.7. The van der Waals surface area contributed by atoms with Crippen molar-refractivity contribution in [1.29, 1.82) is 0 Å². The van der Waals surface area contributed by atoms with Crippen LogP contribution in [0.5, 0.6) is 0 Å². The number of rotatable bonds is 11. The van der Waals surface area contributed by atoms with Crippen molar-refractivity contribution in [1.82, 2.24) is 9.80 Å². The molecule has 1 N–H and O–H groups in total. The molecular formula is C10H13N2NaO8Zn. The second-order valence-electron chi connectivity index (χ2n) is 3.93. The third kappa shape index (κ3) is 15.8. The minimum atomic E-state index is -1.52. The Labute approximate surface area is 161 Å². The molecule has 0 unspecified atom stereocenters. The van der Waals surface area contributed by atoms with E-state index >= 15 is 0 Å². The zero-order chi connectivity index (χ0) is 15.7. The van der Waals surface area contributed by atoms with Crippen molar-refractivity contribution >= 4 is 23.9 Å². The number of carbonyl (C=O) groups is 4. The molecule has 114 valence electrons. The maximum absolute atomic E-state index is 10.5. The molecule has 0 bridgehead atoms. The van der Waals surface area contributed by atoms with Gasteiger partial charge in [-0.3, -0.25) is 14.6 Å². The summed E-state index contributed by atoms with van der Waals surface area (Å²) < 4.78 is 0. The fourth-order valence-corrected chi connectivity index (χ4v) is 1.45. The van der Waals surface area contributed by atoms with Crippen LogP contribution < -0.4 is 44.9 Å². The van der Waals surface area contributed by atoms with Gasteiger partial charge in [-0.15, -0.1) is 0 Å². The topological polar surface area (TPSA) is 164 Å². The van der Waals surface area contributed by atoms with E-state index < -0.39 is 50.1 Å². The molecule has 0 saturated carbocycles. The van der Waals surface area contributed by atoms with Gasteiger partial charge < -0.3 is 34.8 Å². The number of hydrogen-bond acceptors (Lipinski definition) is 9. The number of aliphatic carboxylic acids is 4. The molecule has 0 aliphatic heterocycles. The molecule has 0 saturated heterocycles. The normalized spacial score (nSPS) is 9.73. The monoisotopic (exact) mass is 376 g/mol. The summed E-state index contributed by atoms with van der Waals surface area (Å²) in [7, 11) is 0. The Hall–Kier alpha value is -0.577. The smallest absolute Gasteiger partial charge is 0.549 e. The molecule has 0 amide bonds. The fourth-order valence-electron chi connectivity index (χ4n) is 1.45. The number of nitrogens with zero attached hydrogens (tertiary/aromatic N) is 2. The summed E-state index contributed by atoms with van der Waals surface area (Å²) in [6.45, 7) is -3.00. The zero-order valence-corrected chi connectivity index (χ0v) is 17.1. The van der Waals surface area contributed by atoms with Gasteiger partial charge in [-0.2, -0.15) is 0 Å². The van der Waals surface area contributed by atoms with Crippen LogP contribution in [0.25, 0.3) is 0 Å². The fraction of sp³-hybridized carbons (Fsp3) is 0.600. The van der Waals surface area contributed by atoms with E-state index in [1.54, 1.807) is 0 Å². The minimum absolute atomic E-state index is 0. The standard InChI is InChI=1S/C10H16N2O8.Na.Zn/c13-7(14)3-11(4-8(15)16)1-2-12(5-9(17)18)6-10(19)20;;/h1-6H2,(H,13,14)(H,15,16)(H,17,18)(H,19,20);;/q;+1;+2/p-3. The van der Waals surface area contributed by atoms with Gasteiger partial charge in [0.05, 0.1) is 24.5 Å². The van der Waals surface area contributed by atoms with Gasteiger partial charge in [-0.1, -0.05) is 0 Å². The van der Waals surface area contributed by atoms with Gasteiger partial charge in [-0.25, -0.2) is 0 Å². The molecule has 10 nitrogen and oxygen atoms in total. The van der Waals surface area contributed by atoms with Crippen LogP contribution in [-0.2, 0) is 38.7 Å². The predicted octanol–water partition coefficient (Wildman–Crippen LogP) is -9.07. The van der Waals surface area contributed by atoms with E-state index in [2.05, 4.69) is 0 Å². The zero-order valence-electron chi connectivity index (χ0n) is 12.1. The average molecular weight is 378 g/mol. The first-order valence-electron chi connectivity index (χ1n) is 5.46. The Balaban J connectivity index is -0.00000180. The first kappa shape index (κ1) is 26.3. The van der Waals surface area contributed by atoms with Crippen LogP contribution in [0.2, 0.25) is 0 Å². The molecule has 0 spiro atoms. The summed E-state index contributed by atoms with van der Waals surface area (Å²) >= 11 is 0. The third-order valence-electron chi connectivity index (χ3n) is 2.15. The van der Waals surface area contributed by atoms with Gasteiger partial charge in [0.25, 0.3) is 0 Å². The Kier molecular flexibility index (Phi) is 16.8. The molecule has 0 atom stereocenters. The van der Waals surface area contributed by atoms with Crippen molar-refractivity contribution in [2.45, 2.75) is 0 Å². The second kappa shape index (κ2) is 14.0. The van der Waals surface area contributed by atoms with Crippen molar-refractivity contribution in [3.05, 3.63) is 0 Å². The maximum atomic E-state index is 10.5. The molecule has 0 aliphatic carbocycles. The van der Waals surface area contributed by atoms with Crippen molar-refractivity contribution in [2.75, 3.05) is 39.3 Å². The van der Waals surface area contributed by atoms with Crippen molar-refractivity contribution < 1.29 is 88.6 Å². The molecule has 0 heterocycles. The molecule has 0 aromatic heterocycles. The summed E-state index contributed by atoms with van der Waals surface area (Å²) in [5.41, 5.74) is 0. The van der Waals surface area contributed by atoms with E-state index in [4.69, 9.17) is 5.11 Å². The van der Waals surface area contributed by atoms with Gasteiger partial charge in [-0.05, 0) is 0 Å². The van der Waals surface area contributed by atoms with Gasteiger partial charge in [0.15, 0.2) is 0 Å². The summed E-state index contributed by atoms with van der Waals surface area (Å²) in [6, 6.07) is 0. The van der Waals surface area contributed by atoms with E-state index in [0.717, 1.165) is 9.80 Å². The first-order chi connectivity index (χ1) is 9.20. The van der Waals surface area contributed by atoms with E-state index in [0.29, 0.717) is 0 Å². The van der Waals surface area contributed by atoms with Crippen LogP contribution in [-0.4, -0.2) is 78.1 Å². The summed E-state index contributed by atoms with van der Waals surface area (Å²) in [6.07, 6.45) is 0. The van der Waals surface area contributed by atoms with E-state index in [-0.39, 0.29) is 62.1 Å². The Morgan fingerprint density at radius 2 is 1.00 bits per heavy atom. The first-order valence-corrected chi connectivity index (χ1v) is 5.46. The van der Waals surface area contributed by atoms with Crippen LogP contribution in [0.3, 0.4) is 0 Å². The summed E-state index contributed by atoms with van der Waals surface area (Å²) in [5.74, 6) is -5.82. The predicted molar refractivity (Wildman–Crippen MR) is 55.5 cm³/mol. The van der Waals surface area contributed by atoms with Crippen molar-refractivity contribution in [3.8, 4) is 0 Å². The van der Waals surface area contributed by atoms with Crippen LogP contribution in [0.15, 0.2) is 0 Å². The number of hydrogen-bond donors (Lipinski definition) is 1. The van der Waals surface area contributed by atoms with Gasteiger partial charge in [0.1, 0.15) is 0 Å². The minimum Gasteiger partial charge on any atom is -0.549 e. The van der Waals surface area contributed by atoms with Crippen molar-refractivity contribution in [2.24, 2.45) is 0 Å². The number of carboxylic acids is 4. The molecular weight excluding hydrogens is 364 g/mol. The Morgan fingerprint density at radius 3 is 1.23 bits per heavy atom. The summed E-state index contributed by atoms with van der Waals surface area (Å²) in [5, 5.41) is 39.8. The van der Waals surface area contributed by atoms with Crippen molar-refractivity contribution in [3.63, 3.8) is 0 Å². The Morgan fingerprint density at radius 1 is 0.727 bits per heavy atom. The largest absolute Gasteiger partial charge is 2.00 e. The molecule has 0 aromatic rings. The van der Waals surface area contributed by atoms with E-state index in [1.807, 2.05) is 0 Å². The molecule has 0 radical (unpaired) electrons. The van der Waals surface area contributed by atoms with Gasteiger partial charge >= 0.3 is 55.0 Å². The SMILES string of the molecule is O=C([O-])CN(CCN(CC(=O)[O-])CC(=O)O)CC(=O)[O-].[Na+].[Zn+2]. The van der Waals surface area contributed by atoms with Crippen LogP contribution in [0.4, 0.5) is 0 Å². The molecule has 0 rings (SSSR count). The molecule has 0 aromatic carbocycles. The van der Waals surface area contributed by atoms with E-state index in [9.17, 15) is 34.5 Å². The molecule has 0 aliphatic rings. The molecule has 12 heteroatoms. The van der Waals surface area contributed by atoms with Crippen LogP contribution >= 0.6 is 0 Å². The van der Waals surface area contributed by atoms with E-state index in [1.165, 1.54) is 0 Å². The molecule has 0 fully saturated rings. The Bertz CT molecular complexity index is 327. The van der Waals surface area contributed by atoms with Gasteiger partial charge in [0.2, 0.25) is 0 Å².